The fourth-order valence-electron chi connectivity index (χ4n) is 2.43. The molecule has 20 heavy (non-hydrogen) atoms. The van der Waals surface area contributed by atoms with Crippen LogP contribution in [0.5, 0.6) is 0 Å². The van der Waals surface area contributed by atoms with E-state index in [9.17, 15) is 9.59 Å². The first-order valence-corrected chi connectivity index (χ1v) is 6.93. The number of esters is 1. The molecule has 1 amide bonds. The maximum atomic E-state index is 12.2. The summed E-state index contributed by atoms with van der Waals surface area (Å²) in [6, 6.07) is 6.70. The van der Waals surface area contributed by atoms with Gasteiger partial charge in [0.15, 0.2) is 0 Å². The second-order valence-corrected chi connectivity index (χ2v) is 5.12. The van der Waals surface area contributed by atoms with E-state index in [4.69, 9.17) is 10.5 Å². The molecule has 0 unspecified atom stereocenters. The van der Waals surface area contributed by atoms with Crippen LogP contribution in [0.15, 0.2) is 24.3 Å². The van der Waals surface area contributed by atoms with Crippen LogP contribution in [0.2, 0.25) is 0 Å². The van der Waals surface area contributed by atoms with E-state index in [1.165, 1.54) is 0 Å². The van der Waals surface area contributed by atoms with Crippen LogP contribution in [0, 0.1) is 0 Å². The standard InChI is InChI=1S/C15H20N2O3/c1-2-20-13(18)11-6-5-7-12(10-11)17-14(19)15(16)8-3-4-9-15/h5-7,10H,2-4,8-9,16H2,1H3,(H,17,19). The molecule has 0 radical (unpaired) electrons. The fraction of sp³-hybridized carbons (Fsp3) is 0.467. The zero-order valence-electron chi connectivity index (χ0n) is 11.6. The van der Waals surface area contributed by atoms with Crippen molar-refractivity contribution in [2.75, 3.05) is 11.9 Å². The summed E-state index contributed by atoms with van der Waals surface area (Å²) in [5.41, 5.74) is 6.30. The molecule has 108 valence electrons. The van der Waals surface area contributed by atoms with E-state index >= 15 is 0 Å². The molecule has 0 saturated heterocycles. The number of nitrogens with one attached hydrogen (secondary N) is 1. The van der Waals surface area contributed by atoms with Gasteiger partial charge in [-0.2, -0.15) is 0 Å². The molecule has 1 fully saturated rings. The van der Waals surface area contributed by atoms with Crippen molar-refractivity contribution in [3.05, 3.63) is 29.8 Å². The first kappa shape index (κ1) is 14.5. The SMILES string of the molecule is CCOC(=O)c1cccc(NC(=O)C2(N)CCCC2)c1. The van der Waals surface area contributed by atoms with Gasteiger partial charge >= 0.3 is 5.97 Å². The quantitative estimate of drug-likeness (QED) is 0.825. The third-order valence-corrected chi connectivity index (χ3v) is 3.58. The van der Waals surface area contributed by atoms with Gasteiger partial charge in [0, 0.05) is 5.69 Å². The van der Waals surface area contributed by atoms with Crippen LogP contribution >= 0.6 is 0 Å². The second-order valence-electron chi connectivity index (χ2n) is 5.12. The van der Waals surface area contributed by atoms with E-state index in [0.29, 0.717) is 30.7 Å². The predicted molar refractivity (Wildman–Crippen MR) is 76.4 cm³/mol. The van der Waals surface area contributed by atoms with Crippen molar-refractivity contribution in [1.29, 1.82) is 0 Å². The van der Waals surface area contributed by atoms with Gasteiger partial charge in [-0.1, -0.05) is 18.9 Å². The average molecular weight is 276 g/mol. The van der Waals surface area contributed by atoms with Crippen LogP contribution < -0.4 is 11.1 Å². The number of anilines is 1. The maximum absolute atomic E-state index is 12.2. The number of hydrogen-bond donors (Lipinski definition) is 2. The predicted octanol–water partition coefficient (Wildman–Crippen LogP) is 2.07. The van der Waals surface area contributed by atoms with E-state index in [-0.39, 0.29) is 5.91 Å². The van der Waals surface area contributed by atoms with Crippen molar-refractivity contribution in [3.8, 4) is 0 Å². The molecule has 3 N–H and O–H groups in total. The van der Waals surface area contributed by atoms with Crippen LogP contribution in [-0.2, 0) is 9.53 Å². The summed E-state index contributed by atoms with van der Waals surface area (Å²) in [6.45, 7) is 2.07. The lowest BCUT2D eigenvalue weighted by Crippen LogP contribution is -2.48. The summed E-state index contributed by atoms with van der Waals surface area (Å²) < 4.78 is 4.93. The highest BCUT2D eigenvalue weighted by Crippen LogP contribution is 2.28. The first-order chi connectivity index (χ1) is 9.55. The Labute approximate surface area is 118 Å². The van der Waals surface area contributed by atoms with Crippen LogP contribution in [0.3, 0.4) is 0 Å². The van der Waals surface area contributed by atoms with E-state index < -0.39 is 11.5 Å². The van der Waals surface area contributed by atoms with Crippen molar-refractivity contribution >= 4 is 17.6 Å². The van der Waals surface area contributed by atoms with Crippen LogP contribution in [-0.4, -0.2) is 24.0 Å². The molecule has 1 aliphatic carbocycles. The van der Waals surface area contributed by atoms with Gasteiger partial charge in [0.05, 0.1) is 17.7 Å². The number of benzene rings is 1. The smallest absolute Gasteiger partial charge is 0.338 e. The Bertz CT molecular complexity index is 508. The summed E-state index contributed by atoms with van der Waals surface area (Å²) in [4.78, 5) is 23.8. The molecule has 0 atom stereocenters. The molecular weight excluding hydrogens is 256 g/mol. The minimum absolute atomic E-state index is 0.184. The summed E-state index contributed by atoms with van der Waals surface area (Å²) in [7, 11) is 0. The topological polar surface area (TPSA) is 81.4 Å². The molecule has 0 aromatic heterocycles. The van der Waals surface area contributed by atoms with Gasteiger partial charge in [-0.3, -0.25) is 4.79 Å². The van der Waals surface area contributed by atoms with Crippen LogP contribution in [0.4, 0.5) is 5.69 Å². The van der Waals surface area contributed by atoms with E-state index in [0.717, 1.165) is 12.8 Å². The number of nitrogens with two attached hydrogens (primary N) is 1. The molecule has 0 spiro atoms. The van der Waals surface area contributed by atoms with E-state index in [2.05, 4.69) is 5.32 Å². The van der Waals surface area contributed by atoms with Crippen molar-refractivity contribution in [1.82, 2.24) is 0 Å². The van der Waals surface area contributed by atoms with Crippen molar-refractivity contribution in [2.45, 2.75) is 38.1 Å². The van der Waals surface area contributed by atoms with Gasteiger partial charge in [-0.15, -0.1) is 0 Å². The fourth-order valence-corrected chi connectivity index (χ4v) is 2.43. The Balaban J connectivity index is 2.08. The molecule has 1 aromatic rings. The number of hydrogen-bond acceptors (Lipinski definition) is 4. The Morgan fingerprint density at radius 2 is 2.05 bits per heavy atom. The Hall–Kier alpha value is -1.88. The summed E-state index contributed by atoms with van der Waals surface area (Å²) >= 11 is 0. The van der Waals surface area contributed by atoms with Crippen molar-refractivity contribution in [3.63, 3.8) is 0 Å². The highest BCUT2D eigenvalue weighted by Gasteiger charge is 2.36. The molecule has 1 aliphatic rings. The lowest BCUT2D eigenvalue weighted by atomic mass is 9.98. The Morgan fingerprint density at radius 3 is 2.70 bits per heavy atom. The molecule has 0 aliphatic heterocycles. The largest absolute Gasteiger partial charge is 0.462 e. The number of ether oxygens (including phenoxy) is 1. The third-order valence-electron chi connectivity index (χ3n) is 3.58. The lowest BCUT2D eigenvalue weighted by Gasteiger charge is -2.22. The zero-order chi connectivity index (χ0) is 14.6. The van der Waals surface area contributed by atoms with Crippen molar-refractivity contribution < 1.29 is 14.3 Å². The van der Waals surface area contributed by atoms with E-state index in [1.807, 2.05) is 0 Å². The van der Waals surface area contributed by atoms with E-state index in [1.54, 1.807) is 31.2 Å². The molecule has 1 saturated carbocycles. The number of carbonyl (C=O) groups is 2. The molecule has 5 heteroatoms. The molecule has 0 bridgehead atoms. The second kappa shape index (κ2) is 6.05. The van der Waals surface area contributed by atoms with Gasteiger partial charge in [0.25, 0.3) is 0 Å². The summed E-state index contributed by atoms with van der Waals surface area (Å²) in [6.07, 6.45) is 3.37. The third kappa shape index (κ3) is 3.17. The molecule has 2 rings (SSSR count). The number of carbonyl (C=O) groups excluding carboxylic acids is 2. The lowest BCUT2D eigenvalue weighted by molar-refractivity contribution is -0.121. The molecule has 0 heterocycles. The van der Waals surface area contributed by atoms with Gasteiger partial charge in [0.1, 0.15) is 0 Å². The average Bonchev–Trinajstić information content (AvgIpc) is 2.88. The highest BCUT2D eigenvalue weighted by atomic mass is 16.5. The summed E-state index contributed by atoms with van der Waals surface area (Å²) in [5, 5.41) is 2.79. The van der Waals surface area contributed by atoms with Gasteiger partial charge in [-0.25, -0.2) is 4.79 Å². The van der Waals surface area contributed by atoms with Crippen molar-refractivity contribution in [2.24, 2.45) is 5.73 Å². The monoisotopic (exact) mass is 276 g/mol. The highest BCUT2D eigenvalue weighted by molar-refractivity contribution is 5.99. The zero-order valence-corrected chi connectivity index (χ0v) is 11.6. The maximum Gasteiger partial charge on any atom is 0.338 e. The molecule has 5 nitrogen and oxygen atoms in total. The number of rotatable bonds is 4. The number of amides is 1. The molecular formula is C15H20N2O3. The Morgan fingerprint density at radius 1 is 1.35 bits per heavy atom. The minimum Gasteiger partial charge on any atom is -0.462 e. The van der Waals surface area contributed by atoms with Gasteiger partial charge < -0.3 is 15.8 Å². The van der Waals surface area contributed by atoms with Crippen LogP contribution in [0.1, 0.15) is 43.0 Å². The van der Waals surface area contributed by atoms with Crippen LogP contribution in [0.25, 0.3) is 0 Å². The normalized spacial score (nSPS) is 16.7. The van der Waals surface area contributed by atoms with Gasteiger partial charge in [0.2, 0.25) is 5.91 Å². The minimum atomic E-state index is -0.778. The molecule has 1 aromatic carbocycles. The van der Waals surface area contributed by atoms with Gasteiger partial charge in [-0.05, 0) is 38.0 Å². The summed E-state index contributed by atoms with van der Waals surface area (Å²) in [5.74, 6) is -0.581. The first-order valence-electron chi connectivity index (χ1n) is 6.93. The Kier molecular flexibility index (Phi) is 4.39.